The van der Waals surface area contributed by atoms with Crippen molar-refractivity contribution in [2.24, 2.45) is 10.9 Å². The number of rotatable bonds is 5. The maximum atomic E-state index is 6.31. The molecule has 1 fully saturated rings. The van der Waals surface area contributed by atoms with E-state index in [0.29, 0.717) is 42.2 Å². The van der Waals surface area contributed by atoms with Crippen LogP contribution in [0.3, 0.4) is 0 Å². The molecule has 3 rings (SSSR count). The Labute approximate surface area is 154 Å². The van der Waals surface area contributed by atoms with Gasteiger partial charge in [-0.1, -0.05) is 11.6 Å². The Morgan fingerprint density at radius 3 is 2.92 bits per heavy atom. The average molecular weight is 368 g/mol. The van der Waals surface area contributed by atoms with E-state index in [0.717, 1.165) is 44.2 Å². The van der Waals surface area contributed by atoms with Gasteiger partial charge in [0.1, 0.15) is 13.2 Å². The molecule has 1 unspecified atom stereocenters. The number of hydrogen-bond donors (Lipinski definition) is 1. The Balaban J connectivity index is 1.69. The van der Waals surface area contributed by atoms with Crippen molar-refractivity contribution in [1.29, 1.82) is 0 Å². The Hall–Kier alpha value is -1.66. The highest BCUT2D eigenvalue weighted by molar-refractivity contribution is 6.32. The van der Waals surface area contributed by atoms with Gasteiger partial charge in [-0.2, -0.15) is 0 Å². The van der Waals surface area contributed by atoms with Crippen molar-refractivity contribution >= 4 is 17.6 Å². The summed E-state index contributed by atoms with van der Waals surface area (Å²) in [6, 6.07) is 3.85. The van der Waals surface area contributed by atoms with E-state index < -0.39 is 0 Å². The summed E-state index contributed by atoms with van der Waals surface area (Å²) in [5.41, 5.74) is 1.00. The summed E-state index contributed by atoms with van der Waals surface area (Å²) in [5, 5.41) is 3.92. The molecule has 0 bridgehead atoms. The normalized spacial score (nSPS) is 19.8. The van der Waals surface area contributed by atoms with Crippen LogP contribution in [0.25, 0.3) is 0 Å². The van der Waals surface area contributed by atoms with E-state index in [1.54, 1.807) is 0 Å². The Bertz CT molecular complexity index is 618. The van der Waals surface area contributed by atoms with E-state index in [1.807, 2.05) is 12.1 Å². The molecule has 0 radical (unpaired) electrons. The lowest BCUT2D eigenvalue weighted by atomic mass is 10.1. The molecule has 2 heterocycles. The van der Waals surface area contributed by atoms with E-state index in [4.69, 9.17) is 30.8 Å². The lowest BCUT2D eigenvalue weighted by Crippen LogP contribution is -2.41. The largest absolute Gasteiger partial charge is 0.486 e. The fourth-order valence-electron chi connectivity index (χ4n) is 3.09. The van der Waals surface area contributed by atoms with Crippen molar-refractivity contribution in [3.8, 4) is 11.5 Å². The summed E-state index contributed by atoms with van der Waals surface area (Å²) in [6.07, 6.45) is 1.11. The van der Waals surface area contributed by atoms with Crippen molar-refractivity contribution in [2.45, 2.75) is 19.9 Å². The standard InChI is InChI=1S/C18H26ClN3O3/c1-3-20-18(22(2)11-13-4-5-23-12-13)21-10-14-8-15(19)17-16(9-14)24-6-7-25-17/h8-9,13H,3-7,10-12H2,1-2H3,(H,20,21). The van der Waals surface area contributed by atoms with Crippen LogP contribution in [-0.4, -0.2) is 57.4 Å². The minimum absolute atomic E-state index is 0.532. The lowest BCUT2D eigenvalue weighted by Gasteiger charge is -2.24. The van der Waals surface area contributed by atoms with Gasteiger partial charge in [-0.15, -0.1) is 0 Å². The minimum atomic E-state index is 0.532. The number of nitrogens with zero attached hydrogens (tertiary/aromatic N) is 2. The molecule has 25 heavy (non-hydrogen) atoms. The Kier molecular flexibility index (Phi) is 6.26. The number of nitrogens with one attached hydrogen (secondary N) is 1. The van der Waals surface area contributed by atoms with Crippen molar-refractivity contribution < 1.29 is 14.2 Å². The zero-order chi connectivity index (χ0) is 17.6. The smallest absolute Gasteiger partial charge is 0.193 e. The lowest BCUT2D eigenvalue weighted by molar-refractivity contribution is 0.171. The van der Waals surface area contributed by atoms with Gasteiger partial charge in [0.15, 0.2) is 17.5 Å². The van der Waals surface area contributed by atoms with E-state index in [2.05, 4.69) is 24.2 Å². The molecule has 0 spiro atoms. The van der Waals surface area contributed by atoms with Crippen LogP contribution in [0.15, 0.2) is 17.1 Å². The number of halogens is 1. The fourth-order valence-corrected chi connectivity index (χ4v) is 3.38. The molecule has 6 nitrogen and oxygen atoms in total. The van der Waals surface area contributed by atoms with Crippen LogP contribution in [0, 0.1) is 5.92 Å². The first kappa shape index (κ1) is 18.1. The van der Waals surface area contributed by atoms with Crippen molar-refractivity contribution in [1.82, 2.24) is 10.2 Å². The molecule has 1 aromatic rings. The van der Waals surface area contributed by atoms with Crippen LogP contribution in [0.1, 0.15) is 18.9 Å². The number of ether oxygens (including phenoxy) is 3. The number of benzene rings is 1. The Morgan fingerprint density at radius 2 is 2.16 bits per heavy atom. The number of guanidine groups is 1. The topological polar surface area (TPSA) is 55.3 Å². The second-order valence-electron chi connectivity index (χ2n) is 6.38. The van der Waals surface area contributed by atoms with E-state index >= 15 is 0 Å². The molecule has 1 atom stereocenters. The maximum absolute atomic E-state index is 6.31. The predicted octanol–water partition coefficient (Wildman–Crippen LogP) is 2.55. The number of fused-ring (bicyclic) bond motifs is 1. The van der Waals surface area contributed by atoms with Crippen LogP contribution < -0.4 is 14.8 Å². The van der Waals surface area contributed by atoms with Crippen LogP contribution >= 0.6 is 11.6 Å². The molecule has 1 N–H and O–H groups in total. The van der Waals surface area contributed by atoms with Gasteiger partial charge in [-0.05, 0) is 31.0 Å². The van der Waals surface area contributed by atoms with E-state index in [1.165, 1.54) is 0 Å². The molecule has 0 aromatic heterocycles. The molecule has 0 saturated carbocycles. The molecule has 1 saturated heterocycles. The summed E-state index contributed by atoms with van der Waals surface area (Å²) in [7, 11) is 2.07. The van der Waals surface area contributed by atoms with Gasteiger partial charge in [0, 0.05) is 32.7 Å². The fraction of sp³-hybridized carbons (Fsp3) is 0.611. The number of hydrogen-bond acceptors (Lipinski definition) is 4. The Morgan fingerprint density at radius 1 is 1.32 bits per heavy atom. The molecule has 0 aliphatic carbocycles. The van der Waals surface area contributed by atoms with Crippen LogP contribution in [0.5, 0.6) is 11.5 Å². The minimum Gasteiger partial charge on any atom is -0.486 e. The molecule has 2 aliphatic rings. The van der Waals surface area contributed by atoms with E-state index in [-0.39, 0.29) is 0 Å². The van der Waals surface area contributed by atoms with Gasteiger partial charge in [0.25, 0.3) is 0 Å². The summed E-state index contributed by atoms with van der Waals surface area (Å²) in [4.78, 5) is 6.92. The molecule has 2 aliphatic heterocycles. The second kappa shape index (κ2) is 8.63. The monoisotopic (exact) mass is 367 g/mol. The van der Waals surface area contributed by atoms with E-state index in [9.17, 15) is 0 Å². The van der Waals surface area contributed by atoms with Gasteiger partial charge in [0.05, 0.1) is 18.2 Å². The van der Waals surface area contributed by atoms with Crippen LogP contribution in [0.2, 0.25) is 5.02 Å². The third kappa shape index (κ3) is 4.70. The highest BCUT2D eigenvalue weighted by Crippen LogP contribution is 2.38. The van der Waals surface area contributed by atoms with Crippen molar-refractivity contribution in [3.05, 3.63) is 22.7 Å². The molecule has 7 heteroatoms. The molecular weight excluding hydrogens is 342 g/mol. The first-order valence-corrected chi connectivity index (χ1v) is 9.20. The highest BCUT2D eigenvalue weighted by Gasteiger charge is 2.19. The van der Waals surface area contributed by atoms with Crippen LogP contribution in [0.4, 0.5) is 0 Å². The zero-order valence-electron chi connectivity index (χ0n) is 14.9. The zero-order valence-corrected chi connectivity index (χ0v) is 15.6. The van der Waals surface area contributed by atoms with Crippen molar-refractivity contribution in [3.63, 3.8) is 0 Å². The summed E-state index contributed by atoms with van der Waals surface area (Å²) in [5.74, 6) is 2.79. The van der Waals surface area contributed by atoms with Gasteiger partial charge >= 0.3 is 0 Å². The summed E-state index contributed by atoms with van der Waals surface area (Å²) >= 11 is 6.31. The van der Waals surface area contributed by atoms with Gasteiger partial charge in [0.2, 0.25) is 0 Å². The second-order valence-corrected chi connectivity index (χ2v) is 6.79. The van der Waals surface area contributed by atoms with Gasteiger partial charge in [-0.25, -0.2) is 4.99 Å². The molecule has 0 amide bonds. The summed E-state index contributed by atoms with van der Waals surface area (Å²) in [6.45, 7) is 7.14. The molecule has 138 valence electrons. The SMILES string of the molecule is CCNC(=NCc1cc(Cl)c2c(c1)OCCO2)N(C)CC1CCOC1. The van der Waals surface area contributed by atoms with Gasteiger partial charge in [-0.3, -0.25) is 0 Å². The van der Waals surface area contributed by atoms with Crippen molar-refractivity contribution in [2.75, 3.05) is 46.6 Å². The first-order chi connectivity index (χ1) is 12.2. The average Bonchev–Trinajstić information content (AvgIpc) is 3.11. The van der Waals surface area contributed by atoms with Crippen LogP contribution in [-0.2, 0) is 11.3 Å². The first-order valence-electron chi connectivity index (χ1n) is 8.82. The quantitative estimate of drug-likeness (QED) is 0.640. The third-order valence-corrected chi connectivity index (χ3v) is 4.60. The number of aliphatic imine (C=N–C) groups is 1. The molecule has 1 aromatic carbocycles. The van der Waals surface area contributed by atoms with Gasteiger partial charge < -0.3 is 24.4 Å². The molecular formula is C18H26ClN3O3. The maximum Gasteiger partial charge on any atom is 0.193 e. The predicted molar refractivity (Wildman–Crippen MR) is 98.8 cm³/mol. The summed E-state index contributed by atoms with van der Waals surface area (Å²) < 4.78 is 16.7. The third-order valence-electron chi connectivity index (χ3n) is 4.32. The highest BCUT2D eigenvalue weighted by atomic mass is 35.5.